The molecule has 4 atom stereocenters. The highest BCUT2D eigenvalue weighted by atomic mass is 16.5. The van der Waals surface area contributed by atoms with E-state index in [0.717, 1.165) is 44.5 Å². The fourth-order valence-electron chi connectivity index (χ4n) is 9.53. The zero-order valence-electron chi connectivity index (χ0n) is 39.1. The number of hydrogen-bond acceptors (Lipinski definition) is 10. The van der Waals surface area contributed by atoms with Crippen molar-refractivity contribution in [1.82, 2.24) is 40.0 Å². The van der Waals surface area contributed by atoms with Gasteiger partial charge < -0.3 is 39.2 Å². The van der Waals surface area contributed by atoms with E-state index in [9.17, 15) is 24.3 Å². The fourth-order valence-corrected chi connectivity index (χ4v) is 9.53. The number of phenolic OH excluding ortho intramolecular Hbond substituents is 1. The number of aromatic nitrogens is 2. The Bertz CT molecular complexity index is 2390. The summed E-state index contributed by atoms with van der Waals surface area (Å²) in [6, 6.07) is 12.8. The largest absolute Gasteiger partial charge is 0.508 e. The molecular formula is C49H66N8O7. The van der Waals surface area contributed by atoms with Crippen molar-refractivity contribution in [3.63, 3.8) is 0 Å². The minimum absolute atomic E-state index is 0.0103. The molecule has 5 heterocycles. The molecule has 344 valence electrons. The number of benzene rings is 2. The van der Waals surface area contributed by atoms with Gasteiger partial charge in [-0.25, -0.2) is 10.2 Å². The number of nitrogens with one attached hydrogen (secondary N) is 2. The molecule has 3 aliphatic rings. The van der Waals surface area contributed by atoms with Gasteiger partial charge in [0.15, 0.2) is 0 Å². The van der Waals surface area contributed by atoms with Gasteiger partial charge in [-0.1, -0.05) is 39.8 Å². The molecule has 0 unspecified atom stereocenters. The molecule has 4 aromatic rings. The second-order valence-electron chi connectivity index (χ2n) is 19.1. The molecule has 7 rings (SSSR count). The van der Waals surface area contributed by atoms with Crippen LogP contribution in [-0.4, -0.2) is 137 Å². The van der Waals surface area contributed by atoms with Gasteiger partial charge in [0.25, 0.3) is 5.91 Å². The van der Waals surface area contributed by atoms with Gasteiger partial charge >= 0.3 is 12.0 Å². The topological polar surface area (TPSA) is 162 Å². The molecule has 2 fully saturated rings. The number of aromatic hydroxyl groups is 1. The molecule has 0 radical (unpaired) electrons. The van der Waals surface area contributed by atoms with Crippen LogP contribution in [0.15, 0.2) is 54.7 Å². The second kappa shape index (κ2) is 18.9. The monoisotopic (exact) mass is 879 g/mol. The number of aryl methyl sites for hydroxylation is 1. The van der Waals surface area contributed by atoms with E-state index in [2.05, 4.69) is 59.2 Å². The first-order valence-electron chi connectivity index (χ1n) is 22.6. The zero-order valence-corrected chi connectivity index (χ0v) is 39.1. The normalized spacial score (nSPS) is 20.4. The van der Waals surface area contributed by atoms with Gasteiger partial charge in [0, 0.05) is 80.9 Å². The van der Waals surface area contributed by atoms with Crippen molar-refractivity contribution >= 4 is 34.7 Å². The van der Waals surface area contributed by atoms with Gasteiger partial charge in [0.1, 0.15) is 23.9 Å². The van der Waals surface area contributed by atoms with E-state index >= 15 is 0 Å². The molecule has 64 heavy (non-hydrogen) atoms. The minimum Gasteiger partial charge on any atom is -0.508 e. The summed E-state index contributed by atoms with van der Waals surface area (Å²) in [6.07, 6.45) is 3.08. The third-order valence-corrected chi connectivity index (χ3v) is 13.2. The summed E-state index contributed by atoms with van der Waals surface area (Å²) in [5, 5.41) is 16.8. The number of hydrazine groups is 1. The summed E-state index contributed by atoms with van der Waals surface area (Å²) in [7, 11) is 7.26. The van der Waals surface area contributed by atoms with Crippen LogP contribution < -0.4 is 10.7 Å². The molecule has 3 N–H and O–H groups in total. The van der Waals surface area contributed by atoms with Gasteiger partial charge in [-0.3, -0.25) is 24.4 Å². The molecule has 0 aliphatic carbocycles. The van der Waals surface area contributed by atoms with E-state index in [1.807, 2.05) is 53.1 Å². The smallest absolute Gasteiger partial charge is 0.324 e. The first kappa shape index (κ1) is 46.5. The van der Waals surface area contributed by atoms with Crippen LogP contribution in [0.5, 0.6) is 5.75 Å². The molecule has 2 aromatic heterocycles. The average Bonchev–Trinajstić information content (AvgIpc) is 3.54. The summed E-state index contributed by atoms with van der Waals surface area (Å²) < 4.78 is 14.2. The number of nitrogens with zero attached hydrogens (tertiary/aromatic N) is 6. The van der Waals surface area contributed by atoms with E-state index in [-0.39, 0.29) is 42.9 Å². The van der Waals surface area contributed by atoms with E-state index in [1.54, 1.807) is 37.4 Å². The lowest BCUT2D eigenvalue weighted by atomic mass is 9.84. The lowest BCUT2D eigenvalue weighted by molar-refractivity contribution is -0.155. The number of fused-ring (bicyclic) bond motifs is 6. The number of urea groups is 1. The Hall–Kier alpha value is -5.51. The quantitative estimate of drug-likeness (QED) is 0.176. The van der Waals surface area contributed by atoms with E-state index in [4.69, 9.17) is 14.5 Å². The Labute approximate surface area is 377 Å². The summed E-state index contributed by atoms with van der Waals surface area (Å²) in [4.78, 5) is 66.7. The first-order valence-corrected chi connectivity index (χ1v) is 22.6. The lowest BCUT2D eigenvalue weighted by Crippen LogP contribution is -2.65. The Morgan fingerprint density at radius 3 is 2.50 bits per heavy atom. The van der Waals surface area contributed by atoms with Gasteiger partial charge in [-0.15, -0.1) is 0 Å². The van der Waals surface area contributed by atoms with Crippen LogP contribution in [0.1, 0.15) is 77.3 Å². The van der Waals surface area contributed by atoms with Gasteiger partial charge in [-0.2, -0.15) is 0 Å². The van der Waals surface area contributed by atoms with Gasteiger partial charge in [-0.05, 0) is 112 Å². The maximum absolute atomic E-state index is 14.7. The number of ether oxygens (including phenoxy) is 2. The SMILES string of the molecule is CCn1c(-c2cccnc2[C@H](C)OC)c2c3cc(ccc31)-c1cc(O)cc(c1)C[C@H](NC(=O)[C@H](C(C)C)N(C)C(=O)N1CC(N(C)C)C1)C(=O)N1CCC[C@H](N1)C(=O)OCC(C)(C)C2. The number of amides is 4. The predicted octanol–water partition coefficient (Wildman–Crippen LogP) is 5.77. The number of methoxy groups -OCH3 is 1. The number of likely N-dealkylation sites (N-methyl/N-ethyl adjacent to an activating group) is 2. The van der Waals surface area contributed by atoms with Crippen LogP contribution in [0.4, 0.5) is 4.79 Å². The van der Waals surface area contributed by atoms with Gasteiger partial charge in [0.2, 0.25) is 5.91 Å². The number of likely N-dealkylation sites (tertiary alicyclic amines) is 1. The number of hydrogen-bond donors (Lipinski definition) is 3. The van der Waals surface area contributed by atoms with Crippen LogP contribution in [0, 0.1) is 11.3 Å². The van der Waals surface area contributed by atoms with Crippen LogP contribution in [-0.2, 0) is 43.2 Å². The van der Waals surface area contributed by atoms with Crippen molar-refractivity contribution in [2.75, 3.05) is 54.5 Å². The van der Waals surface area contributed by atoms with Crippen molar-refractivity contribution in [3.8, 4) is 28.1 Å². The van der Waals surface area contributed by atoms with Crippen molar-refractivity contribution in [3.05, 3.63) is 71.5 Å². The number of rotatable bonds is 9. The highest BCUT2D eigenvalue weighted by molar-refractivity contribution is 5.96. The Morgan fingerprint density at radius 2 is 1.81 bits per heavy atom. The highest BCUT2D eigenvalue weighted by Crippen LogP contribution is 2.42. The summed E-state index contributed by atoms with van der Waals surface area (Å²) in [6.45, 7) is 14.2. The number of carbonyl (C=O) groups excluding carboxylic acids is 4. The zero-order chi connectivity index (χ0) is 46.2. The molecule has 4 amide bonds. The summed E-state index contributed by atoms with van der Waals surface area (Å²) in [5.74, 6) is -1.65. The Morgan fingerprint density at radius 1 is 1.06 bits per heavy atom. The molecule has 6 bridgehead atoms. The van der Waals surface area contributed by atoms with Crippen molar-refractivity contribution in [2.45, 2.75) is 104 Å². The van der Waals surface area contributed by atoms with E-state index < -0.39 is 41.3 Å². The van der Waals surface area contributed by atoms with Crippen molar-refractivity contribution < 1.29 is 33.8 Å². The van der Waals surface area contributed by atoms with Crippen molar-refractivity contribution in [2.24, 2.45) is 11.3 Å². The Kier molecular flexibility index (Phi) is 13.7. The third-order valence-electron chi connectivity index (χ3n) is 13.2. The number of esters is 1. The maximum Gasteiger partial charge on any atom is 0.324 e. The molecule has 2 saturated heterocycles. The summed E-state index contributed by atoms with van der Waals surface area (Å²) >= 11 is 0. The van der Waals surface area contributed by atoms with Crippen LogP contribution in [0.25, 0.3) is 33.3 Å². The predicted molar refractivity (Wildman–Crippen MR) is 246 cm³/mol. The highest BCUT2D eigenvalue weighted by Gasteiger charge is 2.41. The molecule has 15 heteroatoms. The number of phenols is 1. The van der Waals surface area contributed by atoms with E-state index in [0.29, 0.717) is 51.0 Å². The third kappa shape index (κ3) is 9.48. The number of pyridine rings is 1. The molecule has 0 spiro atoms. The molecule has 0 saturated carbocycles. The fraction of sp³-hybridized carbons (Fsp3) is 0.531. The molecule has 3 aliphatic heterocycles. The van der Waals surface area contributed by atoms with Crippen LogP contribution >= 0.6 is 0 Å². The first-order chi connectivity index (χ1) is 30.4. The minimum atomic E-state index is -1.12. The average molecular weight is 879 g/mol. The number of carbonyl (C=O) groups is 4. The van der Waals surface area contributed by atoms with Crippen LogP contribution in [0.2, 0.25) is 0 Å². The second-order valence-corrected chi connectivity index (χ2v) is 19.1. The van der Waals surface area contributed by atoms with Gasteiger partial charge in [0.05, 0.1) is 24.1 Å². The maximum atomic E-state index is 14.7. The van der Waals surface area contributed by atoms with Crippen molar-refractivity contribution in [1.29, 1.82) is 0 Å². The standard InChI is InChI=1S/C49H66N8O7/c1-11-56-41-17-16-32-24-37(41)38(44(56)36-14-12-18-50-42(36)30(4)63-10)25-49(5,6)28-64-47(61)39-15-13-19-57(52-39)46(60)40(22-31-20-33(32)23-35(58)21-31)51-45(59)43(29(2)3)54(9)48(62)55-26-34(27-55)53(7)8/h12,14,16-18,20-21,23-24,29-30,34,39-40,43,52,58H,11,13,15,19,22,25-28H2,1-10H3,(H,51,59)/t30-,39-,40-,43-/m0/s1. The lowest BCUT2D eigenvalue weighted by Gasteiger charge is -2.45. The summed E-state index contributed by atoms with van der Waals surface area (Å²) in [5.41, 5.74) is 9.70. The number of cyclic esters (lactones) is 1. The molecule has 2 aromatic carbocycles. The Balaban J connectivity index is 1.32. The molecular weight excluding hydrogens is 813 g/mol. The van der Waals surface area contributed by atoms with Crippen LogP contribution in [0.3, 0.4) is 0 Å². The molecule has 15 nitrogen and oxygen atoms in total. The van der Waals surface area contributed by atoms with E-state index in [1.165, 1.54) is 9.91 Å².